The second kappa shape index (κ2) is 11.3. The summed E-state index contributed by atoms with van der Waals surface area (Å²) in [5.74, 6) is 4.97. The third-order valence-corrected chi connectivity index (χ3v) is 11.8. The molecule has 1 aromatic carbocycles. The predicted molar refractivity (Wildman–Crippen MR) is 158 cm³/mol. The Kier molecular flexibility index (Phi) is 8.28. The summed E-state index contributed by atoms with van der Waals surface area (Å²) in [6.07, 6.45) is 20.3. The summed E-state index contributed by atoms with van der Waals surface area (Å²) >= 11 is 0. The van der Waals surface area contributed by atoms with Crippen LogP contribution in [0.15, 0.2) is 48.1 Å². The first-order valence-electron chi connectivity index (χ1n) is 15.8. The number of hydrogen-bond acceptors (Lipinski definition) is 2. The number of benzene rings is 1. The highest BCUT2D eigenvalue weighted by molar-refractivity contribution is 5.87. The molecule has 0 N–H and O–H groups in total. The fourth-order valence-corrected chi connectivity index (χ4v) is 9.68. The molecule has 0 bridgehead atoms. The summed E-state index contributed by atoms with van der Waals surface area (Å²) in [4.78, 5) is 12.6. The summed E-state index contributed by atoms with van der Waals surface area (Å²) in [6.45, 7) is 12.6. The van der Waals surface area contributed by atoms with E-state index in [9.17, 15) is 4.79 Å². The molecule has 0 amide bonds. The topological polar surface area (TPSA) is 26.3 Å². The van der Waals surface area contributed by atoms with Crippen molar-refractivity contribution in [2.24, 2.45) is 46.3 Å². The van der Waals surface area contributed by atoms with Crippen LogP contribution in [-0.4, -0.2) is 12.1 Å². The number of fused-ring (bicyclic) bond motifs is 5. The molecule has 1 aromatic rings. The molecular formula is C36H52O2. The Morgan fingerprint density at radius 1 is 1.00 bits per heavy atom. The maximum atomic E-state index is 12.6. The van der Waals surface area contributed by atoms with Crippen LogP contribution in [-0.2, 0) is 9.53 Å². The summed E-state index contributed by atoms with van der Waals surface area (Å²) in [5, 5.41) is 0. The number of rotatable bonds is 8. The molecule has 4 aliphatic rings. The van der Waals surface area contributed by atoms with Crippen LogP contribution in [0.5, 0.6) is 0 Å². The lowest BCUT2D eigenvalue weighted by Crippen LogP contribution is -2.51. The molecule has 38 heavy (non-hydrogen) atoms. The molecule has 8 atom stereocenters. The molecule has 0 aliphatic heterocycles. The lowest BCUT2D eigenvalue weighted by atomic mass is 9.47. The highest BCUT2D eigenvalue weighted by Gasteiger charge is 2.59. The SMILES string of the molecule is CC(C)CCC[C@@H](C)C1CC[C@H]2[C@@H]3CC=C4C[C@H](OC(=O)/C=C/c5ccccc5)CC[C@@]4(C)[C@H]3CC[C@@]12C. The molecule has 1 unspecified atom stereocenters. The van der Waals surface area contributed by atoms with E-state index in [1.165, 1.54) is 57.8 Å². The number of allylic oxidation sites excluding steroid dienone is 1. The van der Waals surface area contributed by atoms with Crippen LogP contribution in [0.25, 0.3) is 6.08 Å². The van der Waals surface area contributed by atoms with Gasteiger partial charge in [0.1, 0.15) is 6.10 Å². The third-order valence-electron chi connectivity index (χ3n) is 11.8. The first-order chi connectivity index (χ1) is 18.2. The van der Waals surface area contributed by atoms with E-state index in [-0.39, 0.29) is 12.1 Å². The van der Waals surface area contributed by atoms with Crippen LogP contribution >= 0.6 is 0 Å². The summed E-state index contributed by atoms with van der Waals surface area (Å²) in [5.41, 5.74) is 3.46. The zero-order valence-electron chi connectivity index (χ0n) is 24.8. The minimum Gasteiger partial charge on any atom is -0.459 e. The van der Waals surface area contributed by atoms with Crippen molar-refractivity contribution in [3.05, 3.63) is 53.6 Å². The maximum absolute atomic E-state index is 12.6. The van der Waals surface area contributed by atoms with E-state index in [4.69, 9.17) is 4.74 Å². The standard InChI is InChI=1S/C36H52O2/c1-25(2)10-9-11-26(3)31-17-18-32-30-16-15-28-24-29(38-34(37)19-14-27-12-7-6-8-13-27)20-22-35(28,4)33(30)21-23-36(31,32)5/h6-8,12-15,19,25-26,29-33H,9-11,16-18,20-24H2,1-5H3/b19-14+/t26-,29-,30+,31?,32+,33+,35-,36+/m1/s1. The predicted octanol–water partition coefficient (Wildman–Crippen LogP) is 9.65. The van der Waals surface area contributed by atoms with E-state index in [1.807, 2.05) is 36.4 Å². The van der Waals surface area contributed by atoms with Gasteiger partial charge in [-0.3, -0.25) is 0 Å². The molecule has 0 aromatic heterocycles. The minimum absolute atomic E-state index is 0.0233. The second-order valence-corrected chi connectivity index (χ2v) is 14.3. The Morgan fingerprint density at radius 2 is 1.79 bits per heavy atom. The quantitative estimate of drug-likeness (QED) is 0.195. The zero-order chi connectivity index (χ0) is 26.9. The Bertz CT molecular complexity index is 1020. The van der Waals surface area contributed by atoms with Crippen molar-refractivity contribution in [1.29, 1.82) is 0 Å². The van der Waals surface area contributed by atoms with Crippen LogP contribution in [0.2, 0.25) is 0 Å². The van der Waals surface area contributed by atoms with Crippen LogP contribution in [0.4, 0.5) is 0 Å². The van der Waals surface area contributed by atoms with Gasteiger partial charge in [0.2, 0.25) is 0 Å². The van der Waals surface area contributed by atoms with Gasteiger partial charge in [0, 0.05) is 12.5 Å². The molecule has 5 rings (SSSR count). The first kappa shape index (κ1) is 27.7. The molecule has 208 valence electrons. The van der Waals surface area contributed by atoms with Gasteiger partial charge in [0.15, 0.2) is 0 Å². The van der Waals surface area contributed by atoms with Crippen molar-refractivity contribution in [3.8, 4) is 0 Å². The Balaban J connectivity index is 1.22. The van der Waals surface area contributed by atoms with E-state index in [2.05, 4.69) is 40.7 Å². The van der Waals surface area contributed by atoms with Gasteiger partial charge in [0.05, 0.1) is 0 Å². The third kappa shape index (κ3) is 5.44. The first-order valence-corrected chi connectivity index (χ1v) is 15.8. The normalized spacial score (nSPS) is 37.3. The average Bonchev–Trinajstić information content (AvgIpc) is 3.25. The minimum atomic E-state index is -0.204. The lowest BCUT2D eigenvalue weighted by molar-refractivity contribution is -0.145. The smallest absolute Gasteiger partial charge is 0.331 e. The molecule has 3 fully saturated rings. The molecule has 0 radical (unpaired) electrons. The second-order valence-electron chi connectivity index (χ2n) is 14.3. The van der Waals surface area contributed by atoms with E-state index in [1.54, 1.807) is 11.6 Å². The van der Waals surface area contributed by atoms with Gasteiger partial charge in [0.25, 0.3) is 0 Å². The van der Waals surface area contributed by atoms with Gasteiger partial charge < -0.3 is 4.74 Å². The van der Waals surface area contributed by atoms with Crippen LogP contribution in [0.1, 0.15) is 111 Å². The molecule has 0 spiro atoms. The average molecular weight is 517 g/mol. The number of esters is 1. The van der Waals surface area contributed by atoms with E-state index >= 15 is 0 Å². The van der Waals surface area contributed by atoms with Gasteiger partial charge in [-0.2, -0.15) is 0 Å². The van der Waals surface area contributed by atoms with E-state index in [0.29, 0.717) is 10.8 Å². The Morgan fingerprint density at radius 3 is 2.55 bits per heavy atom. The fraction of sp³-hybridized carbons (Fsp3) is 0.694. The number of carbonyl (C=O) groups excluding carboxylic acids is 1. The molecule has 3 saturated carbocycles. The van der Waals surface area contributed by atoms with Gasteiger partial charge in [-0.05, 0) is 103 Å². The van der Waals surface area contributed by atoms with Crippen molar-refractivity contribution < 1.29 is 9.53 Å². The number of hydrogen-bond donors (Lipinski definition) is 0. The van der Waals surface area contributed by atoms with E-state index in [0.717, 1.165) is 53.9 Å². The summed E-state index contributed by atoms with van der Waals surface area (Å²) < 4.78 is 5.95. The van der Waals surface area contributed by atoms with Gasteiger partial charge in [-0.25, -0.2) is 4.79 Å². The number of ether oxygens (including phenoxy) is 1. The van der Waals surface area contributed by atoms with Crippen molar-refractivity contribution in [2.75, 3.05) is 0 Å². The molecule has 0 heterocycles. The van der Waals surface area contributed by atoms with Crippen molar-refractivity contribution in [1.82, 2.24) is 0 Å². The van der Waals surface area contributed by atoms with Crippen molar-refractivity contribution in [2.45, 2.75) is 111 Å². The molecular weight excluding hydrogens is 464 g/mol. The Hall–Kier alpha value is -1.83. The van der Waals surface area contributed by atoms with Gasteiger partial charge in [-0.1, -0.05) is 95.9 Å². The maximum Gasteiger partial charge on any atom is 0.331 e. The van der Waals surface area contributed by atoms with Crippen molar-refractivity contribution >= 4 is 12.0 Å². The summed E-state index contributed by atoms with van der Waals surface area (Å²) in [7, 11) is 0. The molecule has 2 heteroatoms. The monoisotopic (exact) mass is 516 g/mol. The van der Waals surface area contributed by atoms with Crippen LogP contribution in [0.3, 0.4) is 0 Å². The highest BCUT2D eigenvalue weighted by atomic mass is 16.5. The van der Waals surface area contributed by atoms with E-state index < -0.39 is 0 Å². The van der Waals surface area contributed by atoms with Crippen LogP contribution in [0, 0.1) is 46.3 Å². The van der Waals surface area contributed by atoms with Gasteiger partial charge in [-0.15, -0.1) is 0 Å². The van der Waals surface area contributed by atoms with Gasteiger partial charge >= 0.3 is 5.97 Å². The Labute approximate surface area is 232 Å². The molecule has 2 nitrogen and oxygen atoms in total. The fourth-order valence-electron chi connectivity index (χ4n) is 9.68. The summed E-state index contributed by atoms with van der Waals surface area (Å²) in [6, 6.07) is 9.99. The molecule has 0 saturated heterocycles. The largest absolute Gasteiger partial charge is 0.459 e. The number of carbonyl (C=O) groups is 1. The van der Waals surface area contributed by atoms with Crippen LogP contribution < -0.4 is 0 Å². The zero-order valence-corrected chi connectivity index (χ0v) is 24.8. The highest BCUT2D eigenvalue weighted by Crippen LogP contribution is 2.67. The molecule has 4 aliphatic carbocycles. The lowest BCUT2D eigenvalue weighted by Gasteiger charge is -2.58. The van der Waals surface area contributed by atoms with Crippen molar-refractivity contribution in [3.63, 3.8) is 0 Å².